The number of rotatable bonds is 6. The Morgan fingerprint density at radius 2 is 2.07 bits per heavy atom. The highest BCUT2D eigenvalue weighted by Crippen LogP contribution is 2.25. The van der Waals surface area contributed by atoms with E-state index in [2.05, 4.69) is 5.32 Å². The van der Waals surface area contributed by atoms with Crippen molar-refractivity contribution in [1.29, 1.82) is 0 Å². The topological polar surface area (TPSA) is 58.6 Å². The number of hydrogen-bond donors (Lipinski definition) is 1. The third kappa shape index (κ3) is 4.61. The first-order chi connectivity index (χ1) is 13.0. The van der Waals surface area contributed by atoms with Crippen LogP contribution in [-0.4, -0.2) is 36.9 Å². The number of anilines is 1. The molecule has 3 rings (SSSR count). The third-order valence-electron chi connectivity index (χ3n) is 4.89. The number of halogens is 1. The maximum absolute atomic E-state index is 12.6. The second-order valence-electron chi connectivity index (χ2n) is 6.75. The molecule has 5 nitrogen and oxygen atoms in total. The summed E-state index contributed by atoms with van der Waals surface area (Å²) in [6, 6.07) is 13.1. The van der Waals surface area contributed by atoms with Crippen LogP contribution in [0.3, 0.4) is 0 Å². The monoisotopic (exact) mass is 386 g/mol. The zero-order chi connectivity index (χ0) is 19.4. The van der Waals surface area contributed by atoms with Crippen LogP contribution < -0.4 is 10.1 Å². The summed E-state index contributed by atoms with van der Waals surface area (Å²) in [4.78, 5) is 26.7. The number of carbonyl (C=O) groups is 2. The van der Waals surface area contributed by atoms with E-state index in [0.717, 1.165) is 16.9 Å². The first-order valence-electron chi connectivity index (χ1n) is 8.94. The number of nitrogens with zero attached hydrogens (tertiary/aromatic N) is 1. The summed E-state index contributed by atoms with van der Waals surface area (Å²) in [5.41, 5.74) is 2.67. The molecule has 2 aromatic rings. The minimum Gasteiger partial charge on any atom is -0.496 e. The molecule has 0 aliphatic carbocycles. The predicted molar refractivity (Wildman–Crippen MR) is 106 cm³/mol. The fourth-order valence-electron chi connectivity index (χ4n) is 3.29. The number of likely N-dealkylation sites (tertiary alicyclic amines) is 1. The summed E-state index contributed by atoms with van der Waals surface area (Å²) in [7, 11) is 1.64. The van der Waals surface area contributed by atoms with Gasteiger partial charge in [0.25, 0.3) is 0 Å². The molecule has 1 aliphatic heterocycles. The summed E-state index contributed by atoms with van der Waals surface area (Å²) < 4.78 is 5.36. The van der Waals surface area contributed by atoms with Crippen molar-refractivity contribution in [2.75, 3.05) is 25.5 Å². The summed E-state index contributed by atoms with van der Waals surface area (Å²) in [5, 5.41) is 3.47. The van der Waals surface area contributed by atoms with Crippen molar-refractivity contribution >= 4 is 29.1 Å². The number of amides is 2. The molecule has 1 atom stereocenters. The number of benzene rings is 2. The molecular formula is C21H23ClN2O3. The smallest absolute Gasteiger partial charge is 0.229 e. The Balaban J connectivity index is 1.59. The van der Waals surface area contributed by atoms with Crippen molar-refractivity contribution in [2.45, 2.75) is 19.8 Å². The van der Waals surface area contributed by atoms with E-state index in [1.807, 2.05) is 37.3 Å². The molecule has 1 unspecified atom stereocenters. The van der Waals surface area contributed by atoms with Gasteiger partial charge in [-0.3, -0.25) is 9.59 Å². The normalized spacial score (nSPS) is 16.5. The average Bonchev–Trinajstić information content (AvgIpc) is 3.04. The molecule has 0 aromatic heterocycles. The Morgan fingerprint density at radius 3 is 2.85 bits per heavy atom. The number of aryl methyl sites for hydroxylation is 1. The van der Waals surface area contributed by atoms with Crippen LogP contribution in [0.4, 0.5) is 5.69 Å². The number of hydrogen-bond acceptors (Lipinski definition) is 3. The Bertz CT molecular complexity index is 853. The van der Waals surface area contributed by atoms with Crippen molar-refractivity contribution in [3.63, 3.8) is 0 Å². The molecule has 1 fully saturated rings. The first-order valence-corrected chi connectivity index (χ1v) is 9.32. The third-order valence-corrected chi connectivity index (χ3v) is 5.12. The summed E-state index contributed by atoms with van der Waals surface area (Å²) in [6.45, 7) is 2.91. The van der Waals surface area contributed by atoms with Gasteiger partial charge in [0, 0.05) is 30.2 Å². The summed E-state index contributed by atoms with van der Waals surface area (Å²) >= 11 is 6.01. The molecule has 0 spiro atoms. The molecule has 1 aliphatic rings. The quantitative estimate of drug-likeness (QED) is 0.823. The molecule has 27 heavy (non-hydrogen) atoms. The minimum absolute atomic E-state index is 0.00728. The van der Waals surface area contributed by atoms with Gasteiger partial charge in [-0.2, -0.15) is 0 Å². The van der Waals surface area contributed by atoms with E-state index < -0.39 is 0 Å². The summed E-state index contributed by atoms with van der Waals surface area (Å²) in [6.07, 6.45) is 0.925. The fourth-order valence-corrected chi connectivity index (χ4v) is 3.46. The number of methoxy groups -OCH3 is 1. The second-order valence-corrected chi connectivity index (χ2v) is 7.19. The lowest BCUT2D eigenvalue weighted by molar-refractivity contribution is -0.128. The van der Waals surface area contributed by atoms with Gasteiger partial charge < -0.3 is 15.0 Å². The van der Waals surface area contributed by atoms with E-state index in [-0.39, 0.29) is 24.2 Å². The minimum atomic E-state index is -0.353. The molecule has 0 bridgehead atoms. The highest BCUT2D eigenvalue weighted by atomic mass is 35.5. The van der Waals surface area contributed by atoms with Crippen LogP contribution in [0.25, 0.3) is 0 Å². The van der Waals surface area contributed by atoms with Crippen molar-refractivity contribution in [3.8, 4) is 5.75 Å². The Labute approximate surface area is 164 Å². The molecule has 0 saturated carbocycles. The lowest BCUT2D eigenvalue weighted by Crippen LogP contribution is -2.30. The molecule has 0 radical (unpaired) electrons. The van der Waals surface area contributed by atoms with Gasteiger partial charge in [-0.15, -0.1) is 0 Å². The lowest BCUT2D eigenvalue weighted by atomic mass is 10.1. The number of para-hydroxylation sites is 1. The van der Waals surface area contributed by atoms with Crippen LogP contribution >= 0.6 is 11.6 Å². The zero-order valence-electron chi connectivity index (χ0n) is 15.5. The second kappa shape index (κ2) is 8.44. The van der Waals surface area contributed by atoms with Gasteiger partial charge in [0.15, 0.2) is 0 Å². The Kier molecular flexibility index (Phi) is 6.01. The Morgan fingerprint density at radius 1 is 1.30 bits per heavy atom. The van der Waals surface area contributed by atoms with Crippen molar-refractivity contribution in [3.05, 3.63) is 58.6 Å². The maximum Gasteiger partial charge on any atom is 0.229 e. The van der Waals surface area contributed by atoms with Crippen molar-refractivity contribution in [1.82, 2.24) is 4.90 Å². The van der Waals surface area contributed by atoms with Crippen LogP contribution in [0.15, 0.2) is 42.5 Å². The maximum atomic E-state index is 12.6. The van der Waals surface area contributed by atoms with Crippen LogP contribution in [0.5, 0.6) is 5.75 Å². The van der Waals surface area contributed by atoms with Crippen LogP contribution in [0.2, 0.25) is 5.02 Å². The van der Waals surface area contributed by atoms with E-state index in [1.54, 1.807) is 24.1 Å². The zero-order valence-corrected chi connectivity index (χ0v) is 16.3. The average molecular weight is 387 g/mol. The highest BCUT2D eigenvalue weighted by molar-refractivity contribution is 6.31. The van der Waals surface area contributed by atoms with Gasteiger partial charge in [0.2, 0.25) is 11.8 Å². The van der Waals surface area contributed by atoms with Crippen LogP contribution in [0, 0.1) is 12.8 Å². The van der Waals surface area contributed by atoms with Crippen molar-refractivity contribution in [2.24, 2.45) is 5.92 Å². The van der Waals surface area contributed by atoms with E-state index >= 15 is 0 Å². The molecule has 6 heteroatoms. The molecule has 142 valence electrons. The largest absolute Gasteiger partial charge is 0.496 e. The van der Waals surface area contributed by atoms with Crippen LogP contribution in [-0.2, 0) is 16.0 Å². The van der Waals surface area contributed by atoms with E-state index in [4.69, 9.17) is 16.3 Å². The summed E-state index contributed by atoms with van der Waals surface area (Å²) in [5.74, 6) is 0.324. The van der Waals surface area contributed by atoms with Gasteiger partial charge in [0.1, 0.15) is 5.75 Å². The number of ether oxygens (including phenoxy) is 1. The molecular weight excluding hydrogens is 364 g/mol. The van der Waals surface area contributed by atoms with Gasteiger partial charge in [-0.1, -0.05) is 35.9 Å². The van der Waals surface area contributed by atoms with E-state index in [9.17, 15) is 9.59 Å². The molecule has 1 N–H and O–H groups in total. The van der Waals surface area contributed by atoms with Gasteiger partial charge in [-0.25, -0.2) is 0 Å². The van der Waals surface area contributed by atoms with Gasteiger partial charge >= 0.3 is 0 Å². The van der Waals surface area contributed by atoms with Gasteiger partial charge in [0.05, 0.1) is 13.0 Å². The number of carbonyl (C=O) groups excluding carboxylic acids is 2. The lowest BCUT2D eigenvalue weighted by Gasteiger charge is -2.18. The predicted octanol–water partition coefficient (Wildman–Crippen LogP) is 3.69. The first kappa shape index (κ1) is 19.2. The molecule has 2 amide bonds. The molecule has 2 aromatic carbocycles. The van der Waals surface area contributed by atoms with Crippen LogP contribution in [0.1, 0.15) is 17.5 Å². The number of nitrogens with one attached hydrogen (secondary N) is 1. The Hall–Kier alpha value is -2.53. The SMILES string of the molecule is COc1ccccc1CCN1CC(C(=O)Nc2cc(Cl)ccc2C)CC1=O. The van der Waals surface area contributed by atoms with E-state index in [1.165, 1.54) is 0 Å². The van der Waals surface area contributed by atoms with E-state index in [0.29, 0.717) is 30.2 Å². The standard InChI is InChI=1S/C21H23ClN2O3/c1-14-7-8-17(22)12-18(14)23-21(26)16-11-20(25)24(13-16)10-9-15-5-3-4-6-19(15)27-2/h3-8,12,16H,9-11,13H2,1-2H3,(H,23,26). The fraction of sp³-hybridized carbons (Fsp3) is 0.333. The highest BCUT2D eigenvalue weighted by Gasteiger charge is 2.34. The molecule has 1 saturated heterocycles. The molecule has 1 heterocycles. The van der Waals surface area contributed by atoms with Gasteiger partial charge in [-0.05, 0) is 42.7 Å². The van der Waals surface area contributed by atoms with Crippen molar-refractivity contribution < 1.29 is 14.3 Å².